The average molecular weight is 381 g/mol. The van der Waals surface area contributed by atoms with Crippen molar-refractivity contribution in [2.45, 2.75) is 23.9 Å². The summed E-state index contributed by atoms with van der Waals surface area (Å²) in [6.45, 7) is 0. The number of carboxylic acid groups (broad SMARTS) is 1. The highest BCUT2D eigenvalue weighted by molar-refractivity contribution is 7.99. The summed E-state index contributed by atoms with van der Waals surface area (Å²) in [6.07, 6.45) is 0.131. The predicted molar refractivity (Wildman–Crippen MR) is 98.7 cm³/mol. The van der Waals surface area contributed by atoms with E-state index >= 15 is 0 Å². The van der Waals surface area contributed by atoms with Gasteiger partial charge < -0.3 is 20.1 Å². The fourth-order valence-corrected chi connectivity index (χ4v) is 5.02. The van der Waals surface area contributed by atoms with E-state index in [4.69, 9.17) is 0 Å². The second kappa shape index (κ2) is 7.08. The molecular formula is C20H17N2O4S-. The lowest BCUT2D eigenvalue weighted by Gasteiger charge is -2.26. The number of fused-ring (bicyclic) bond motifs is 3. The largest absolute Gasteiger partial charge is 0.548 e. The number of thioether (sulfide) groups is 1. The Morgan fingerprint density at radius 1 is 1.15 bits per heavy atom. The number of hydrogen-bond donors (Lipinski definition) is 1. The molecule has 4 rings (SSSR count). The molecule has 2 aromatic carbocycles. The lowest BCUT2D eigenvalue weighted by atomic mass is 10.1. The van der Waals surface area contributed by atoms with Gasteiger partial charge in [-0.3, -0.25) is 9.59 Å². The van der Waals surface area contributed by atoms with Crippen LogP contribution in [0.25, 0.3) is 0 Å². The zero-order valence-electron chi connectivity index (χ0n) is 14.3. The molecule has 0 aromatic heterocycles. The van der Waals surface area contributed by atoms with Gasteiger partial charge in [0.1, 0.15) is 11.4 Å². The van der Waals surface area contributed by atoms with E-state index in [1.165, 1.54) is 11.8 Å². The summed E-state index contributed by atoms with van der Waals surface area (Å²) in [5.74, 6) is -1.56. The first-order valence-electron chi connectivity index (χ1n) is 8.64. The number of carbonyl (C=O) groups excluding carboxylic acids is 3. The van der Waals surface area contributed by atoms with Crippen molar-refractivity contribution in [3.8, 4) is 0 Å². The molecule has 2 aliphatic heterocycles. The van der Waals surface area contributed by atoms with Crippen LogP contribution >= 0.6 is 11.8 Å². The first-order valence-corrected chi connectivity index (χ1v) is 9.69. The van der Waals surface area contributed by atoms with E-state index in [1.807, 2.05) is 30.3 Å². The van der Waals surface area contributed by atoms with Crippen molar-refractivity contribution in [2.75, 3.05) is 5.75 Å². The minimum absolute atomic E-state index is 0.131. The van der Waals surface area contributed by atoms with E-state index in [2.05, 4.69) is 5.32 Å². The maximum Gasteiger partial charge on any atom is 0.256 e. The molecule has 27 heavy (non-hydrogen) atoms. The number of benzene rings is 2. The summed E-state index contributed by atoms with van der Waals surface area (Å²) in [7, 11) is 0. The predicted octanol–water partition coefficient (Wildman–Crippen LogP) is 0.734. The minimum Gasteiger partial charge on any atom is -0.548 e. The van der Waals surface area contributed by atoms with Crippen LogP contribution in [-0.4, -0.2) is 40.5 Å². The minimum atomic E-state index is -1.34. The second-order valence-electron chi connectivity index (χ2n) is 6.57. The van der Waals surface area contributed by atoms with Gasteiger partial charge >= 0.3 is 0 Å². The van der Waals surface area contributed by atoms with Crippen LogP contribution < -0.4 is 10.4 Å². The number of aliphatic carboxylic acids is 1. The highest BCUT2D eigenvalue weighted by Gasteiger charge is 2.48. The fraction of sp³-hybridized carbons (Fsp3) is 0.250. The van der Waals surface area contributed by atoms with Crippen LogP contribution in [0, 0.1) is 0 Å². The first kappa shape index (κ1) is 17.6. The van der Waals surface area contributed by atoms with E-state index in [-0.39, 0.29) is 17.7 Å². The standard InChI is InChI=1S/C20H18N2O4S/c23-17(21-15(20(25)26)10-12-6-2-1-3-7-12)16-11-27-19-14-9-5-4-8-13(14)18(24)22(16)19/h1-9,15-16,19H,10-11H2,(H,21,23)(H,25,26)/p-1/t15-,16-,19-/m0/s1. The van der Waals surface area contributed by atoms with E-state index < -0.39 is 24.0 Å². The van der Waals surface area contributed by atoms with Crippen LogP contribution in [0.2, 0.25) is 0 Å². The summed E-state index contributed by atoms with van der Waals surface area (Å²) in [5, 5.41) is 13.9. The van der Waals surface area contributed by atoms with Crippen LogP contribution in [0.15, 0.2) is 54.6 Å². The lowest BCUT2D eigenvalue weighted by molar-refractivity contribution is -0.308. The SMILES string of the molecule is O=C([O-])[C@H](Cc1ccccc1)NC(=O)[C@@H]1CS[C@H]2c3ccccc3C(=O)N12. The maximum atomic E-state index is 12.8. The molecule has 2 aromatic rings. The third-order valence-electron chi connectivity index (χ3n) is 4.88. The molecule has 6 nitrogen and oxygen atoms in total. The summed E-state index contributed by atoms with van der Waals surface area (Å²) in [4.78, 5) is 38.6. The van der Waals surface area contributed by atoms with Crippen molar-refractivity contribution >= 4 is 29.5 Å². The zero-order valence-corrected chi connectivity index (χ0v) is 15.1. The molecule has 1 fully saturated rings. The number of carbonyl (C=O) groups is 3. The van der Waals surface area contributed by atoms with Gasteiger partial charge in [-0.15, -0.1) is 11.8 Å². The summed E-state index contributed by atoms with van der Waals surface area (Å²) in [6, 6.07) is 14.5. The van der Waals surface area contributed by atoms with Crippen molar-refractivity contribution < 1.29 is 19.5 Å². The third kappa shape index (κ3) is 3.19. The van der Waals surface area contributed by atoms with Crippen molar-refractivity contribution in [1.29, 1.82) is 0 Å². The number of carboxylic acids is 1. The molecule has 0 unspecified atom stereocenters. The number of amides is 2. The maximum absolute atomic E-state index is 12.8. The molecule has 2 aliphatic rings. The van der Waals surface area contributed by atoms with Gasteiger partial charge in [-0.2, -0.15) is 0 Å². The Morgan fingerprint density at radius 3 is 2.59 bits per heavy atom. The third-order valence-corrected chi connectivity index (χ3v) is 6.18. The average Bonchev–Trinajstić information content (AvgIpc) is 3.23. The molecule has 0 spiro atoms. The van der Waals surface area contributed by atoms with Gasteiger partial charge in [-0.25, -0.2) is 0 Å². The molecule has 3 atom stereocenters. The van der Waals surface area contributed by atoms with Gasteiger partial charge in [0.25, 0.3) is 5.91 Å². The fourth-order valence-electron chi connectivity index (χ4n) is 3.55. The van der Waals surface area contributed by atoms with Gasteiger partial charge in [0, 0.05) is 11.3 Å². The normalized spacial score (nSPS) is 21.5. The molecular weight excluding hydrogens is 364 g/mol. The van der Waals surface area contributed by atoms with Crippen molar-refractivity contribution in [1.82, 2.24) is 10.2 Å². The topological polar surface area (TPSA) is 89.5 Å². The number of nitrogens with one attached hydrogen (secondary N) is 1. The highest BCUT2D eigenvalue weighted by Crippen LogP contribution is 2.48. The van der Waals surface area contributed by atoms with Gasteiger partial charge in [-0.05, 0) is 23.6 Å². The van der Waals surface area contributed by atoms with Crippen LogP contribution in [0.5, 0.6) is 0 Å². The van der Waals surface area contributed by atoms with Gasteiger partial charge in [-0.1, -0.05) is 48.5 Å². The molecule has 0 bridgehead atoms. The summed E-state index contributed by atoms with van der Waals surface area (Å²) >= 11 is 1.52. The molecule has 1 saturated heterocycles. The molecule has 0 radical (unpaired) electrons. The Hall–Kier alpha value is -2.80. The molecule has 7 heteroatoms. The molecule has 0 aliphatic carbocycles. The zero-order chi connectivity index (χ0) is 19.0. The Bertz CT molecular complexity index is 902. The number of nitrogens with zero attached hydrogens (tertiary/aromatic N) is 1. The van der Waals surface area contributed by atoms with Gasteiger partial charge in [0.2, 0.25) is 5.91 Å². The van der Waals surface area contributed by atoms with E-state index in [9.17, 15) is 19.5 Å². The molecule has 0 saturated carbocycles. The van der Waals surface area contributed by atoms with Crippen LogP contribution in [0.4, 0.5) is 0 Å². The number of rotatable bonds is 5. The highest BCUT2D eigenvalue weighted by atomic mass is 32.2. The van der Waals surface area contributed by atoms with Crippen LogP contribution in [0.1, 0.15) is 26.9 Å². The molecule has 138 valence electrons. The summed E-state index contributed by atoms with van der Waals surface area (Å²) in [5.41, 5.74) is 2.30. The molecule has 1 N–H and O–H groups in total. The van der Waals surface area contributed by atoms with Gasteiger partial charge in [0.15, 0.2) is 0 Å². The smallest absolute Gasteiger partial charge is 0.256 e. The van der Waals surface area contributed by atoms with Crippen molar-refractivity contribution in [3.05, 3.63) is 71.3 Å². The Labute approximate surface area is 160 Å². The molecule has 2 heterocycles. The lowest BCUT2D eigenvalue weighted by Crippen LogP contribution is -2.54. The first-order chi connectivity index (χ1) is 13.1. The Kier molecular flexibility index (Phi) is 4.61. The van der Waals surface area contributed by atoms with Crippen LogP contribution in [0.3, 0.4) is 0 Å². The monoisotopic (exact) mass is 381 g/mol. The summed E-state index contributed by atoms with van der Waals surface area (Å²) < 4.78 is 0. The van der Waals surface area contributed by atoms with Crippen molar-refractivity contribution in [3.63, 3.8) is 0 Å². The quantitative estimate of drug-likeness (QED) is 0.825. The van der Waals surface area contributed by atoms with E-state index in [0.717, 1.165) is 11.1 Å². The Morgan fingerprint density at radius 2 is 1.85 bits per heavy atom. The molecule has 2 amide bonds. The van der Waals surface area contributed by atoms with Crippen molar-refractivity contribution in [2.24, 2.45) is 0 Å². The Balaban J connectivity index is 1.50. The van der Waals surface area contributed by atoms with Crippen LogP contribution in [-0.2, 0) is 16.0 Å². The van der Waals surface area contributed by atoms with E-state index in [1.54, 1.807) is 29.2 Å². The number of hydrogen-bond acceptors (Lipinski definition) is 5. The van der Waals surface area contributed by atoms with Gasteiger partial charge in [0.05, 0.1) is 12.0 Å². The van der Waals surface area contributed by atoms with E-state index in [0.29, 0.717) is 11.3 Å². The second-order valence-corrected chi connectivity index (χ2v) is 7.68.